The van der Waals surface area contributed by atoms with Gasteiger partial charge in [0.05, 0.1) is 9.52 Å². The summed E-state index contributed by atoms with van der Waals surface area (Å²) in [5, 5.41) is 0. The topological polar surface area (TPSA) is 0 Å². The van der Waals surface area contributed by atoms with Crippen LogP contribution in [0.3, 0.4) is 0 Å². The molecule has 0 nitrogen and oxygen atoms in total. The largest absolute Gasteiger partial charge is 0.103 e. The second kappa shape index (κ2) is 4.96. The van der Waals surface area contributed by atoms with Crippen molar-refractivity contribution in [1.82, 2.24) is 0 Å². The van der Waals surface area contributed by atoms with E-state index < -0.39 is 0 Å². The van der Waals surface area contributed by atoms with Gasteiger partial charge >= 0.3 is 0 Å². The SMILES string of the molecule is CCC=C[Si]C. The summed E-state index contributed by atoms with van der Waals surface area (Å²) in [5.74, 6) is 0. The lowest BCUT2D eigenvalue weighted by molar-refractivity contribution is 1.23. The minimum atomic E-state index is 0.984. The molecule has 0 aliphatic rings. The minimum absolute atomic E-state index is 0.984. The standard InChI is InChI=1S/C5H10Si/c1-3-4-5-6-2/h4-5H,3H2,1-2H3. The number of hydrogen-bond acceptors (Lipinski definition) is 0. The zero-order valence-electron chi connectivity index (χ0n) is 4.36. The molecule has 0 saturated carbocycles. The van der Waals surface area contributed by atoms with Crippen LogP contribution in [0.4, 0.5) is 0 Å². The number of rotatable bonds is 2. The van der Waals surface area contributed by atoms with E-state index >= 15 is 0 Å². The Hall–Kier alpha value is -0.0431. The van der Waals surface area contributed by atoms with Crippen LogP contribution >= 0.6 is 0 Å². The predicted octanol–water partition coefficient (Wildman–Crippen LogP) is 1.66. The molecule has 0 bridgehead atoms. The van der Waals surface area contributed by atoms with Gasteiger partial charge in [0.2, 0.25) is 0 Å². The van der Waals surface area contributed by atoms with Crippen molar-refractivity contribution < 1.29 is 0 Å². The van der Waals surface area contributed by atoms with Crippen molar-refractivity contribution >= 4 is 9.52 Å². The molecule has 0 unspecified atom stereocenters. The van der Waals surface area contributed by atoms with Crippen LogP contribution < -0.4 is 0 Å². The Balaban J connectivity index is 2.73. The Kier molecular flexibility index (Phi) is 4.92. The van der Waals surface area contributed by atoms with Crippen molar-refractivity contribution in [2.75, 3.05) is 0 Å². The minimum Gasteiger partial charge on any atom is -0.103 e. The lowest BCUT2D eigenvalue weighted by Gasteiger charge is -1.71. The van der Waals surface area contributed by atoms with Gasteiger partial charge in [0.15, 0.2) is 0 Å². The maximum atomic E-state index is 2.21. The molecule has 0 aromatic rings. The van der Waals surface area contributed by atoms with Crippen LogP contribution in [0.1, 0.15) is 13.3 Å². The zero-order chi connectivity index (χ0) is 4.83. The summed E-state index contributed by atoms with van der Waals surface area (Å²) in [4.78, 5) is 0. The predicted molar refractivity (Wildman–Crippen MR) is 31.0 cm³/mol. The number of hydrogen-bond donors (Lipinski definition) is 0. The van der Waals surface area contributed by atoms with Gasteiger partial charge in [0.25, 0.3) is 0 Å². The molecule has 0 aliphatic heterocycles. The molecule has 0 aromatic heterocycles. The summed E-state index contributed by atoms with van der Waals surface area (Å²) in [6, 6.07) is 0. The third-order valence-corrected chi connectivity index (χ3v) is 1.09. The average molecular weight is 98.2 g/mol. The van der Waals surface area contributed by atoms with Crippen molar-refractivity contribution in [3.63, 3.8) is 0 Å². The fourth-order valence-electron chi connectivity index (χ4n) is 0.236. The third kappa shape index (κ3) is 3.96. The van der Waals surface area contributed by atoms with Gasteiger partial charge in [-0.05, 0) is 6.42 Å². The molecule has 0 heterocycles. The first-order chi connectivity index (χ1) is 2.91. The smallest absolute Gasteiger partial charge is 0.0664 e. The molecular formula is C5H10Si. The van der Waals surface area contributed by atoms with Crippen LogP contribution in [0.5, 0.6) is 0 Å². The van der Waals surface area contributed by atoms with Gasteiger partial charge in [-0.15, -0.1) is 5.70 Å². The highest BCUT2D eigenvalue weighted by atomic mass is 28.2. The Morgan fingerprint density at radius 1 is 1.67 bits per heavy atom. The van der Waals surface area contributed by atoms with Gasteiger partial charge in [-0.2, -0.15) is 0 Å². The molecule has 1 heteroatoms. The summed E-state index contributed by atoms with van der Waals surface area (Å²) in [6.07, 6.45) is 3.37. The first-order valence-electron chi connectivity index (χ1n) is 2.24. The van der Waals surface area contributed by atoms with E-state index in [0.717, 1.165) is 9.52 Å². The second-order valence-corrected chi connectivity index (χ2v) is 2.01. The fraction of sp³-hybridized carbons (Fsp3) is 0.600. The van der Waals surface area contributed by atoms with E-state index in [1.54, 1.807) is 0 Å². The maximum Gasteiger partial charge on any atom is 0.0664 e. The van der Waals surface area contributed by atoms with E-state index in [1.807, 2.05) is 0 Å². The van der Waals surface area contributed by atoms with E-state index in [-0.39, 0.29) is 0 Å². The lowest BCUT2D eigenvalue weighted by atomic mass is 10.5. The van der Waals surface area contributed by atoms with Gasteiger partial charge < -0.3 is 0 Å². The molecule has 2 radical (unpaired) electrons. The quantitative estimate of drug-likeness (QED) is 0.461. The highest BCUT2D eigenvalue weighted by molar-refractivity contribution is 6.40. The van der Waals surface area contributed by atoms with Crippen molar-refractivity contribution in [3.8, 4) is 0 Å². The monoisotopic (exact) mass is 98.1 g/mol. The average Bonchev–Trinajstić information content (AvgIpc) is 1.61. The molecule has 0 spiro atoms. The molecule has 0 aliphatic carbocycles. The summed E-state index contributed by atoms with van der Waals surface area (Å²) < 4.78 is 0. The van der Waals surface area contributed by atoms with Crippen LogP contribution in [0.15, 0.2) is 11.8 Å². The van der Waals surface area contributed by atoms with Gasteiger partial charge in [0.1, 0.15) is 0 Å². The highest BCUT2D eigenvalue weighted by Crippen LogP contribution is 1.74. The van der Waals surface area contributed by atoms with E-state index in [1.165, 1.54) is 6.42 Å². The maximum absolute atomic E-state index is 2.21. The van der Waals surface area contributed by atoms with Crippen LogP contribution in [0.2, 0.25) is 6.55 Å². The molecule has 0 rings (SSSR count). The van der Waals surface area contributed by atoms with Crippen LogP contribution in [-0.4, -0.2) is 9.52 Å². The van der Waals surface area contributed by atoms with Crippen molar-refractivity contribution in [1.29, 1.82) is 0 Å². The van der Waals surface area contributed by atoms with Gasteiger partial charge in [-0.1, -0.05) is 19.5 Å². The second-order valence-electron chi connectivity index (χ2n) is 1.10. The van der Waals surface area contributed by atoms with Crippen LogP contribution in [0, 0.1) is 0 Å². The summed E-state index contributed by atoms with van der Waals surface area (Å²) >= 11 is 0. The molecule has 0 aromatic carbocycles. The Bertz CT molecular complexity index is 33.2. The number of allylic oxidation sites excluding steroid dienone is 1. The van der Waals surface area contributed by atoms with Gasteiger partial charge in [0, 0.05) is 0 Å². The third-order valence-electron chi connectivity index (χ3n) is 0.520. The van der Waals surface area contributed by atoms with Crippen molar-refractivity contribution in [2.24, 2.45) is 0 Å². The van der Waals surface area contributed by atoms with E-state index in [4.69, 9.17) is 0 Å². The normalized spacial score (nSPS) is 10.3. The first kappa shape index (κ1) is 5.96. The summed E-state index contributed by atoms with van der Waals surface area (Å²) in [5.41, 5.74) is 2.21. The fourth-order valence-corrected chi connectivity index (χ4v) is 0.707. The van der Waals surface area contributed by atoms with E-state index in [2.05, 4.69) is 25.2 Å². The van der Waals surface area contributed by atoms with E-state index in [0.29, 0.717) is 0 Å². The summed E-state index contributed by atoms with van der Waals surface area (Å²) in [7, 11) is 0.984. The van der Waals surface area contributed by atoms with Crippen molar-refractivity contribution in [3.05, 3.63) is 11.8 Å². The molecule has 0 N–H and O–H groups in total. The Labute approximate surface area is 42.1 Å². The Morgan fingerprint density at radius 2 is 2.33 bits per heavy atom. The molecule has 0 saturated heterocycles. The molecule has 0 amide bonds. The van der Waals surface area contributed by atoms with Crippen LogP contribution in [-0.2, 0) is 0 Å². The van der Waals surface area contributed by atoms with Crippen molar-refractivity contribution in [2.45, 2.75) is 19.9 Å². The van der Waals surface area contributed by atoms with Gasteiger partial charge in [-0.3, -0.25) is 0 Å². The molecular weight excluding hydrogens is 88.1 g/mol. The lowest BCUT2D eigenvalue weighted by Crippen LogP contribution is -1.66. The molecule has 34 valence electrons. The van der Waals surface area contributed by atoms with Gasteiger partial charge in [-0.25, -0.2) is 0 Å². The molecule has 6 heavy (non-hydrogen) atoms. The molecule has 0 atom stereocenters. The summed E-state index contributed by atoms with van der Waals surface area (Å²) in [6.45, 7) is 4.32. The zero-order valence-corrected chi connectivity index (χ0v) is 5.36. The van der Waals surface area contributed by atoms with E-state index in [9.17, 15) is 0 Å². The molecule has 0 fully saturated rings. The highest BCUT2D eigenvalue weighted by Gasteiger charge is 1.61. The first-order valence-corrected chi connectivity index (χ1v) is 3.81. The Morgan fingerprint density at radius 3 is 2.50 bits per heavy atom. The van der Waals surface area contributed by atoms with Crippen LogP contribution in [0.25, 0.3) is 0 Å².